The molecule has 0 radical (unpaired) electrons. The number of anilines is 1. The Morgan fingerprint density at radius 2 is 1.68 bits per heavy atom. The van der Waals surface area contributed by atoms with Crippen molar-refractivity contribution in [3.05, 3.63) is 60.2 Å². The summed E-state index contributed by atoms with van der Waals surface area (Å²) < 4.78 is 27.2. The van der Waals surface area contributed by atoms with Crippen LogP contribution in [0.4, 0.5) is 5.69 Å². The molecule has 1 amide bonds. The van der Waals surface area contributed by atoms with E-state index in [1.165, 1.54) is 28.4 Å². The molecule has 0 spiro atoms. The van der Waals surface area contributed by atoms with Gasteiger partial charge in [0.15, 0.2) is 0 Å². The van der Waals surface area contributed by atoms with Crippen molar-refractivity contribution in [2.45, 2.75) is 42.7 Å². The van der Waals surface area contributed by atoms with Gasteiger partial charge in [-0.3, -0.25) is 9.10 Å². The Hall–Kier alpha value is -2.38. The van der Waals surface area contributed by atoms with E-state index in [9.17, 15) is 18.3 Å². The molecule has 3 rings (SSSR count). The van der Waals surface area contributed by atoms with E-state index in [1.54, 1.807) is 43.4 Å². The fourth-order valence-corrected chi connectivity index (χ4v) is 4.86. The third-order valence-corrected chi connectivity index (χ3v) is 7.15. The zero-order valence-corrected chi connectivity index (χ0v) is 17.0. The van der Waals surface area contributed by atoms with Crippen molar-refractivity contribution in [1.29, 1.82) is 0 Å². The van der Waals surface area contributed by atoms with Crippen molar-refractivity contribution >= 4 is 21.6 Å². The maximum Gasteiger partial charge on any atom is 0.264 e. The van der Waals surface area contributed by atoms with Gasteiger partial charge in [0.25, 0.3) is 15.9 Å². The van der Waals surface area contributed by atoms with Gasteiger partial charge in [0.2, 0.25) is 0 Å². The summed E-state index contributed by atoms with van der Waals surface area (Å²) in [5.74, 6) is -0.287. The molecule has 150 valence electrons. The molecule has 1 aliphatic rings. The monoisotopic (exact) mass is 402 g/mol. The number of amides is 1. The molecule has 0 aliphatic heterocycles. The van der Waals surface area contributed by atoms with E-state index in [-0.39, 0.29) is 16.8 Å². The number of aliphatic hydroxyl groups is 1. The minimum Gasteiger partial charge on any atom is -0.391 e. The molecule has 2 atom stereocenters. The average molecular weight is 403 g/mol. The Labute approximate surface area is 166 Å². The second-order valence-corrected chi connectivity index (χ2v) is 9.14. The Kier molecular flexibility index (Phi) is 6.05. The van der Waals surface area contributed by atoms with Crippen molar-refractivity contribution in [3.63, 3.8) is 0 Å². The lowest BCUT2D eigenvalue weighted by Gasteiger charge is -2.35. The minimum absolute atomic E-state index is 0.0577. The van der Waals surface area contributed by atoms with Crippen LogP contribution in [0.2, 0.25) is 0 Å². The Morgan fingerprint density at radius 1 is 1.00 bits per heavy atom. The van der Waals surface area contributed by atoms with E-state index in [0.29, 0.717) is 17.7 Å². The summed E-state index contributed by atoms with van der Waals surface area (Å²) in [4.78, 5) is 14.5. The summed E-state index contributed by atoms with van der Waals surface area (Å²) in [6.45, 7) is 0. The zero-order chi connectivity index (χ0) is 20.3. The van der Waals surface area contributed by atoms with Gasteiger partial charge >= 0.3 is 0 Å². The van der Waals surface area contributed by atoms with Gasteiger partial charge in [-0.05, 0) is 43.2 Å². The number of sulfonamides is 1. The highest BCUT2D eigenvalue weighted by Gasteiger charge is 2.30. The fourth-order valence-electron chi connectivity index (χ4n) is 3.62. The lowest BCUT2D eigenvalue weighted by molar-refractivity contribution is 0.0268. The van der Waals surface area contributed by atoms with Gasteiger partial charge in [-0.15, -0.1) is 0 Å². The minimum atomic E-state index is -3.80. The van der Waals surface area contributed by atoms with Gasteiger partial charge in [0, 0.05) is 19.7 Å². The molecule has 6 nitrogen and oxygen atoms in total. The van der Waals surface area contributed by atoms with Gasteiger partial charge in [0.05, 0.1) is 22.7 Å². The van der Waals surface area contributed by atoms with Crippen LogP contribution in [-0.2, 0) is 10.0 Å². The van der Waals surface area contributed by atoms with E-state index in [4.69, 9.17) is 0 Å². The Balaban J connectivity index is 1.86. The number of benzene rings is 2. The maximum absolute atomic E-state index is 13.0. The third-order valence-electron chi connectivity index (χ3n) is 5.37. The predicted molar refractivity (Wildman–Crippen MR) is 109 cm³/mol. The molecule has 28 heavy (non-hydrogen) atoms. The molecular formula is C21H26N2O4S. The quantitative estimate of drug-likeness (QED) is 0.834. The standard InChI is InChI=1S/C21H26N2O4S/c1-22(19-13-6-7-14-20(19)24)21(25)16-9-8-12-18(15-16)28(26,27)23(2)17-10-4-3-5-11-17/h3-5,8-12,15,19-20,24H,6-7,13-14H2,1-2H3. The molecule has 0 bridgehead atoms. The lowest BCUT2D eigenvalue weighted by Crippen LogP contribution is -2.46. The van der Waals surface area contributed by atoms with Crippen LogP contribution in [0.5, 0.6) is 0 Å². The largest absolute Gasteiger partial charge is 0.391 e. The fraction of sp³-hybridized carbons (Fsp3) is 0.381. The number of hydrogen-bond donors (Lipinski definition) is 1. The molecule has 2 aromatic rings. The van der Waals surface area contributed by atoms with Crippen LogP contribution in [0, 0.1) is 0 Å². The summed E-state index contributed by atoms with van der Waals surface area (Å²) in [5.41, 5.74) is 0.837. The van der Waals surface area contributed by atoms with Crippen LogP contribution in [0.1, 0.15) is 36.0 Å². The number of carbonyl (C=O) groups is 1. The smallest absolute Gasteiger partial charge is 0.264 e. The highest BCUT2D eigenvalue weighted by atomic mass is 32.2. The van der Waals surface area contributed by atoms with Crippen molar-refractivity contribution in [3.8, 4) is 0 Å². The van der Waals surface area contributed by atoms with E-state index in [0.717, 1.165) is 19.3 Å². The van der Waals surface area contributed by atoms with Crippen molar-refractivity contribution in [2.75, 3.05) is 18.4 Å². The van der Waals surface area contributed by atoms with E-state index in [2.05, 4.69) is 0 Å². The molecule has 1 fully saturated rings. The van der Waals surface area contributed by atoms with Crippen LogP contribution < -0.4 is 4.31 Å². The van der Waals surface area contributed by atoms with Crippen molar-refractivity contribution in [1.82, 2.24) is 4.90 Å². The first-order valence-electron chi connectivity index (χ1n) is 9.41. The predicted octanol–water partition coefficient (Wildman–Crippen LogP) is 2.89. The number of carbonyl (C=O) groups excluding carboxylic acids is 1. The molecule has 2 unspecified atom stereocenters. The number of hydrogen-bond acceptors (Lipinski definition) is 4. The Bertz CT molecular complexity index is 930. The van der Waals surface area contributed by atoms with Crippen molar-refractivity contribution < 1.29 is 18.3 Å². The summed E-state index contributed by atoms with van der Waals surface area (Å²) >= 11 is 0. The topological polar surface area (TPSA) is 77.9 Å². The third kappa shape index (κ3) is 4.05. The van der Waals surface area contributed by atoms with Gasteiger partial charge in [-0.25, -0.2) is 8.42 Å². The SMILES string of the molecule is CN(C(=O)c1cccc(S(=O)(=O)N(C)c2ccccc2)c1)C1CCCCC1O. The normalized spacial score (nSPS) is 19.8. The van der Waals surface area contributed by atoms with Crippen molar-refractivity contribution in [2.24, 2.45) is 0 Å². The number of para-hydroxylation sites is 1. The van der Waals surface area contributed by atoms with E-state index < -0.39 is 16.1 Å². The summed E-state index contributed by atoms with van der Waals surface area (Å²) in [6.07, 6.45) is 2.81. The molecule has 1 aliphatic carbocycles. The number of aliphatic hydroxyl groups excluding tert-OH is 1. The van der Waals surface area contributed by atoms with E-state index in [1.807, 2.05) is 6.07 Å². The molecule has 0 saturated heterocycles. The summed E-state index contributed by atoms with van der Waals surface area (Å²) in [6, 6.07) is 14.6. The summed E-state index contributed by atoms with van der Waals surface area (Å²) in [5, 5.41) is 10.2. The molecule has 1 N–H and O–H groups in total. The number of nitrogens with zero attached hydrogens (tertiary/aromatic N) is 2. The molecule has 2 aromatic carbocycles. The van der Waals surface area contributed by atoms with Crippen LogP contribution in [0.25, 0.3) is 0 Å². The first kappa shape index (κ1) is 20.4. The van der Waals surface area contributed by atoms with E-state index >= 15 is 0 Å². The van der Waals surface area contributed by atoms with Crippen LogP contribution in [0.15, 0.2) is 59.5 Å². The molecular weight excluding hydrogens is 376 g/mol. The van der Waals surface area contributed by atoms with Gasteiger partial charge in [0.1, 0.15) is 0 Å². The first-order chi connectivity index (χ1) is 13.3. The van der Waals surface area contributed by atoms with Crippen LogP contribution in [0.3, 0.4) is 0 Å². The second kappa shape index (κ2) is 8.32. The van der Waals surface area contributed by atoms with Gasteiger partial charge in [-0.1, -0.05) is 37.1 Å². The summed E-state index contributed by atoms with van der Waals surface area (Å²) in [7, 11) is -0.641. The van der Waals surface area contributed by atoms with Gasteiger partial charge < -0.3 is 10.0 Å². The molecule has 7 heteroatoms. The first-order valence-corrected chi connectivity index (χ1v) is 10.9. The highest BCUT2D eigenvalue weighted by molar-refractivity contribution is 7.92. The second-order valence-electron chi connectivity index (χ2n) is 7.17. The Morgan fingerprint density at radius 3 is 2.36 bits per heavy atom. The van der Waals surface area contributed by atoms with Crippen LogP contribution >= 0.6 is 0 Å². The molecule has 1 saturated carbocycles. The number of likely N-dealkylation sites (N-methyl/N-ethyl adjacent to an activating group) is 1. The van der Waals surface area contributed by atoms with Gasteiger partial charge in [-0.2, -0.15) is 0 Å². The maximum atomic E-state index is 13.0. The molecule has 0 aromatic heterocycles. The average Bonchev–Trinajstić information content (AvgIpc) is 2.73. The lowest BCUT2D eigenvalue weighted by atomic mass is 9.91. The molecule has 0 heterocycles. The number of rotatable bonds is 5. The zero-order valence-electron chi connectivity index (χ0n) is 16.2. The highest BCUT2D eigenvalue weighted by Crippen LogP contribution is 2.25. The van der Waals surface area contributed by atoms with Crippen LogP contribution in [-0.4, -0.2) is 50.6 Å².